The van der Waals surface area contributed by atoms with E-state index in [9.17, 15) is 0 Å². The van der Waals surface area contributed by atoms with Crippen molar-refractivity contribution in [3.63, 3.8) is 0 Å². The van der Waals surface area contributed by atoms with Crippen molar-refractivity contribution >= 4 is 11.6 Å². The molecule has 0 radical (unpaired) electrons. The highest BCUT2D eigenvalue weighted by atomic mass is 35.5. The Morgan fingerprint density at radius 3 is 2.95 bits per heavy atom. The molecule has 1 heterocycles. The lowest BCUT2D eigenvalue weighted by Crippen LogP contribution is -2.21. The molecular weight excluding hydrogens is 284 g/mol. The lowest BCUT2D eigenvalue weighted by Gasteiger charge is -2.25. The molecule has 3 nitrogen and oxygen atoms in total. The van der Waals surface area contributed by atoms with Gasteiger partial charge in [-0.3, -0.25) is 0 Å². The maximum absolute atomic E-state index is 6.18. The fourth-order valence-electron chi connectivity index (χ4n) is 2.50. The number of aromatic nitrogens is 1. The summed E-state index contributed by atoms with van der Waals surface area (Å²) in [7, 11) is 0. The highest BCUT2D eigenvalue weighted by molar-refractivity contribution is 6.31. The zero-order valence-corrected chi connectivity index (χ0v) is 13.7. The molecule has 0 spiro atoms. The highest BCUT2D eigenvalue weighted by Crippen LogP contribution is 2.26. The Labute approximate surface area is 132 Å². The number of pyridine rings is 1. The summed E-state index contributed by atoms with van der Waals surface area (Å²) in [4.78, 5) is 4.28. The molecule has 1 aromatic rings. The van der Waals surface area contributed by atoms with E-state index in [1.807, 2.05) is 6.07 Å². The Morgan fingerprint density at radius 1 is 1.38 bits per heavy atom. The van der Waals surface area contributed by atoms with Crippen molar-refractivity contribution in [2.24, 2.45) is 11.8 Å². The number of ether oxygens (including phenoxy) is 1. The van der Waals surface area contributed by atoms with Gasteiger partial charge in [0.05, 0.1) is 11.6 Å². The van der Waals surface area contributed by atoms with Gasteiger partial charge in [0.25, 0.3) is 0 Å². The van der Waals surface area contributed by atoms with Gasteiger partial charge >= 0.3 is 0 Å². The van der Waals surface area contributed by atoms with Crippen LogP contribution in [0.15, 0.2) is 24.4 Å². The van der Waals surface area contributed by atoms with Gasteiger partial charge in [-0.2, -0.15) is 0 Å². The van der Waals surface area contributed by atoms with Crippen molar-refractivity contribution in [1.82, 2.24) is 10.3 Å². The molecule has 1 aliphatic rings. The second kappa shape index (κ2) is 8.40. The standard InChI is InChI=1S/C17H25ClN2O/c1-3-8-19-10-15-9-17(20-11-16(15)18)21-12-14-7-5-4-6-13(14)2/h4-5,9,11,13-14,19H,3,6-8,10,12H2,1-2H3. The zero-order valence-electron chi connectivity index (χ0n) is 12.9. The predicted octanol–water partition coefficient (Wildman–Crippen LogP) is 4.22. The molecule has 0 aromatic carbocycles. The number of nitrogens with one attached hydrogen (secondary N) is 1. The fraction of sp³-hybridized carbons (Fsp3) is 0.588. The number of halogens is 1. The lowest BCUT2D eigenvalue weighted by atomic mass is 9.85. The molecule has 1 aliphatic carbocycles. The van der Waals surface area contributed by atoms with Gasteiger partial charge in [0.15, 0.2) is 0 Å². The number of hydrogen-bond donors (Lipinski definition) is 1. The van der Waals surface area contributed by atoms with Crippen molar-refractivity contribution in [2.75, 3.05) is 13.2 Å². The van der Waals surface area contributed by atoms with Crippen LogP contribution in [0, 0.1) is 11.8 Å². The summed E-state index contributed by atoms with van der Waals surface area (Å²) in [6.45, 7) is 6.90. The first-order valence-corrected chi connectivity index (χ1v) is 8.21. The van der Waals surface area contributed by atoms with E-state index in [4.69, 9.17) is 16.3 Å². The maximum atomic E-state index is 6.18. The van der Waals surface area contributed by atoms with Crippen LogP contribution in [0.4, 0.5) is 0 Å². The largest absolute Gasteiger partial charge is 0.477 e. The van der Waals surface area contributed by atoms with E-state index in [2.05, 4.69) is 36.3 Å². The van der Waals surface area contributed by atoms with E-state index in [-0.39, 0.29) is 0 Å². The number of allylic oxidation sites excluding steroid dienone is 2. The molecular formula is C17H25ClN2O. The highest BCUT2D eigenvalue weighted by Gasteiger charge is 2.19. The molecule has 1 N–H and O–H groups in total. The lowest BCUT2D eigenvalue weighted by molar-refractivity contribution is 0.192. The van der Waals surface area contributed by atoms with Crippen LogP contribution in [-0.4, -0.2) is 18.1 Å². The normalized spacial score (nSPS) is 21.5. The van der Waals surface area contributed by atoms with Crippen molar-refractivity contribution in [3.8, 4) is 5.88 Å². The minimum absolute atomic E-state index is 0.578. The Morgan fingerprint density at radius 2 is 2.19 bits per heavy atom. The van der Waals surface area contributed by atoms with Gasteiger partial charge in [0.2, 0.25) is 5.88 Å². The average molecular weight is 309 g/mol. The van der Waals surface area contributed by atoms with Gasteiger partial charge in [-0.05, 0) is 43.2 Å². The summed E-state index contributed by atoms with van der Waals surface area (Å²) in [6.07, 6.45) is 9.56. The zero-order chi connectivity index (χ0) is 15.1. The third kappa shape index (κ3) is 5.01. The summed E-state index contributed by atoms with van der Waals surface area (Å²) >= 11 is 6.18. The van der Waals surface area contributed by atoms with E-state index >= 15 is 0 Å². The minimum Gasteiger partial charge on any atom is -0.477 e. The van der Waals surface area contributed by atoms with Gasteiger partial charge in [-0.1, -0.05) is 37.6 Å². The molecule has 116 valence electrons. The van der Waals surface area contributed by atoms with Gasteiger partial charge in [0.1, 0.15) is 0 Å². The van der Waals surface area contributed by atoms with Crippen LogP contribution >= 0.6 is 11.6 Å². The Kier molecular flexibility index (Phi) is 6.52. The first-order valence-electron chi connectivity index (χ1n) is 7.83. The average Bonchev–Trinajstić information content (AvgIpc) is 2.49. The minimum atomic E-state index is 0.578. The smallest absolute Gasteiger partial charge is 0.213 e. The first-order chi connectivity index (χ1) is 10.2. The SMILES string of the molecule is CCCNCc1cc(OCC2CC=CCC2C)ncc1Cl. The van der Waals surface area contributed by atoms with Gasteiger partial charge in [-0.25, -0.2) is 4.98 Å². The van der Waals surface area contributed by atoms with Crippen LogP contribution in [-0.2, 0) is 6.54 Å². The molecule has 0 fully saturated rings. The van der Waals surface area contributed by atoms with Crippen LogP contribution in [0.25, 0.3) is 0 Å². The monoisotopic (exact) mass is 308 g/mol. The van der Waals surface area contributed by atoms with Crippen LogP contribution in [0.3, 0.4) is 0 Å². The van der Waals surface area contributed by atoms with Crippen molar-refractivity contribution in [2.45, 2.75) is 39.7 Å². The van der Waals surface area contributed by atoms with E-state index in [0.29, 0.717) is 22.7 Å². The molecule has 2 rings (SSSR count). The predicted molar refractivity (Wildman–Crippen MR) is 87.8 cm³/mol. The van der Waals surface area contributed by atoms with Gasteiger partial charge in [0, 0.05) is 18.8 Å². The number of nitrogens with zero attached hydrogens (tertiary/aromatic N) is 1. The Balaban J connectivity index is 1.90. The molecule has 0 aliphatic heterocycles. The molecule has 0 bridgehead atoms. The second-order valence-electron chi connectivity index (χ2n) is 5.78. The van der Waals surface area contributed by atoms with E-state index in [0.717, 1.165) is 44.5 Å². The third-order valence-corrected chi connectivity index (χ3v) is 4.36. The summed E-state index contributed by atoms with van der Waals surface area (Å²) in [5.74, 6) is 1.93. The summed E-state index contributed by atoms with van der Waals surface area (Å²) in [5.41, 5.74) is 1.05. The Hall–Kier alpha value is -1.06. The summed E-state index contributed by atoms with van der Waals surface area (Å²) in [6, 6.07) is 1.95. The van der Waals surface area contributed by atoms with Crippen LogP contribution in [0.5, 0.6) is 5.88 Å². The number of hydrogen-bond acceptors (Lipinski definition) is 3. The molecule has 2 atom stereocenters. The first kappa shape index (κ1) is 16.3. The summed E-state index contributed by atoms with van der Waals surface area (Å²) in [5, 5.41) is 4.05. The topological polar surface area (TPSA) is 34.1 Å². The molecule has 0 saturated heterocycles. The molecule has 2 unspecified atom stereocenters. The van der Waals surface area contributed by atoms with Gasteiger partial charge in [-0.15, -0.1) is 0 Å². The fourth-order valence-corrected chi connectivity index (χ4v) is 2.67. The molecule has 4 heteroatoms. The third-order valence-electron chi connectivity index (χ3n) is 4.02. The van der Waals surface area contributed by atoms with E-state index in [1.54, 1.807) is 6.20 Å². The molecule has 21 heavy (non-hydrogen) atoms. The second-order valence-corrected chi connectivity index (χ2v) is 6.19. The Bertz CT molecular complexity index is 476. The molecule has 1 aromatic heterocycles. The summed E-state index contributed by atoms with van der Waals surface area (Å²) < 4.78 is 5.89. The van der Waals surface area contributed by atoms with Gasteiger partial charge < -0.3 is 10.1 Å². The van der Waals surface area contributed by atoms with Crippen LogP contribution in [0.1, 0.15) is 38.7 Å². The van der Waals surface area contributed by atoms with E-state index in [1.165, 1.54) is 0 Å². The maximum Gasteiger partial charge on any atom is 0.213 e. The quantitative estimate of drug-likeness (QED) is 0.605. The molecule has 0 saturated carbocycles. The van der Waals surface area contributed by atoms with Crippen LogP contribution in [0.2, 0.25) is 5.02 Å². The van der Waals surface area contributed by atoms with Crippen LogP contribution < -0.4 is 10.1 Å². The van der Waals surface area contributed by atoms with E-state index < -0.39 is 0 Å². The molecule has 0 amide bonds. The van der Waals surface area contributed by atoms with Crippen molar-refractivity contribution in [3.05, 3.63) is 35.0 Å². The number of rotatable bonds is 7. The van der Waals surface area contributed by atoms with Crippen molar-refractivity contribution < 1.29 is 4.74 Å². The van der Waals surface area contributed by atoms with Crippen molar-refractivity contribution in [1.29, 1.82) is 0 Å².